The van der Waals surface area contributed by atoms with Gasteiger partial charge in [-0.05, 0) is 12.4 Å². The van der Waals surface area contributed by atoms with Gasteiger partial charge in [0.1, 0.15) is 0 Å². The number of aromatic nitrogens is 1. The van der Waals surface area contributed by atoms with Crippen molar-refractivity contribution in [2.75, 3.05) is 0 Å². The van der Waals surface area contributed by atoms with Crippen molar-refractivity contribution >= 4 is 10.6 Å². The third-order valence-electron chi connectivity index (χ3n) is 0.855. The van der Waals surface area contributed by atoms with E-state index in [0.717, 1.165) is 12.2 Å². The van der Waals surface area contributed by atoms with Gasteiger partial charge in [-0.15, -0.1) is 24.8 Å². The zero-order valence-electron chi connectivity index (χ0n) is 6.91. The molecule has 5 nitrogen and oxygen atoms in total. The smallest absolute Gasteiger partial charge is 0.429 e. The molecule has 13 heavy (non-hydrogen) atoms. The average molecular weight is 211 g/mol. The molecule has 0 aromatic carbocycles. The number of pyridine rings is 1. The van der Waals surface area contributed by atoms with Crippen LogP contribution in [0.4, 0.5) is 0 Å². The van der Waals surface area contributed by atoms with Crippen LogP contribution in [0.3, 0.4) is 0 Å². The summed E-state index contributed by atoms with van der Waals surface area (Å²) in [5.74, 6) is 0. The minimum atomic E-state index is -3.11. The summed E-state index contributed by atoms with van der Waals surface area (Å²) in [4.78, 5) is 3.76. The summed E-state index contributed by atoms with van der Waals surface area (Å²) < 4.78 is 25.3. The fourth-order valence-corrected chi connectivity index (χ4v) is 0.450. The molecule has 1 aromatic heterocycles. The van der Waals surface area contributed by atoms with Gasteiger partial charge in [-0.2, -0.15) is 5.56 Å². The van der Waals surface area contributed by atoms with Crippen molar-refractivity contribution in [1.29, 1.82) is 0 Å². The summed E-state index contributed by atoms with van der Waals surface area (Å²) in [5.41, 5.74) is 0.778. The van der Waals surface area contributed by atoms with Crippen LogP contribution in [0.5, 0.6) is 0 Å². The summed E-state index contributed by atoms with van der Waals surface area (Å²) in [6, 6.07) is 3.44. The fourth-order valence-electron chi connectivity index (χ4n) is 0.450. The second kappa shape index (κ2) is 9.69. The number of rotatable bonds is 1. The van der Waals surface area contributed by atoms with Gasteiger partial charge in [-0.3, -0.25) is 4.98 Å². The van der Waals surface area contributed by atoms with E-state index < -0.39 is 10.6 Å². The van der Waals surface area contributed by atoms with Crippen molar-refractivity contribution in [3.63, 3.8) is 0 Å². The summed E-state index contributed by atoms with van der Waals surface area (Å²) in [6.07, 6.45) is 3.25. The Morgan fingerprint density at radius 2 is 1.62 bits per heavy atom. The van der Waals surface area contributed by atoms with E-state index >= 15 is 0 Å². The van der Waals surface area contributed by atoms with Gasteiger partial charge in [0.05, 0.1) is 0 Å². The average Bonchev–Trinajstić information content (AvgIpc) is 2.05. The molecule has 1 aromatic rings. The van der Waals surface area contributed by atoms with Gasteiger partial charge < -0.3 is 5.11 Å². The van der Waals surface area contributed by atoms with Gasteiger partial charge in [0.15, 0.2) is 0 Å². The van der Waals surface area contributed by atoms with Crippen LogP contribution in [0.15, 0.2) is 24.5 Å². The molecule has 0 amide bonds. The molecule has 0 fully saturated rings. The molecule has 1 N–H and O–H groups in total. The van der Waals surface area contributed by atoms with Crippen LogP contribution >= 0.6 is 0 Å². The molecular weight excluding hydrogens is 205 g/mol. The van der Waals surface area contributed by atoms with Crippen LogP contribution in [-0.2, 0) is 10.6 Å². The minimum absolute atomic E-state index is 0. The largest absolute Gasteiger partial charge is 1.00 e. The predicted octanol–water partition coefficient (Wildman–Crippen LogP) is -3.04. The Bertz CT molecular complexity index is 304. The Kier molecular flexibility index (Phi) is 11.2. The molecule has 66 valence electrons. The Balaban J connectivity index is 0. The molecule has 0 saturated carbocycles. The molecule has 0 spiro atoms. The summed E-state index contributed by atoms with van der Waals surface area (Å²) >= 11 is 0. The van der Waals surface area contributed by atoms with Crippen LogP contribution < -0.4 is 29.6 Å². The third kappa shape index (κ3) is 11.6. The maximum atomic E-state index is 8.44. The van der Waals surface area contributed by atoms with Crippen molar-refractivity contribution in [3.8, 4) is 0 Å². The molecule has 0 aliphatic carbocycles. The zero-order valence-corrected chi connectivity index (χ0v) is 9.73. The first-order chi connectivity index (χ1) is 5.66. The van der Waals surface area contributed by atoms with Gasteiger partial charge in [-0.25, -0.2) is 0 Å². The van der Waals surface area contributed by atoms with E-state index in [2.05, 4.69) is 4.98 Å². The molecule has 7 heteroatoms. The van der Waals surface area contributed by atoms with Crippen LogP contribution in [0.25, 0.3) is 0 Å². The van der Waals surface area contributed by atoms with Crippen molar-refractivity contribution in [1.82, 2.24) is 4.98 Å². The molecule has 1 heterocycles. The molecule has 0 saturated heterocycles. The van der Waals surface area contributed by atoms with E-state index in [4.69, 9.17) is 17.7 Å². The Morgan fingerprint density at radius 3 is 1.85 bits per heavy atom. The van der Waals surface area contributed by atoms with Gasteiger partial charge in [0.2, 0.25) is 0 Å². The van der Waals surface area contributed by atoms with Crippen molar-refractivity contribution < 1.29 is 47.3 Å². The first kappa shape index (κ1) is 15.1. The van der Waals surface area contributed by atoms with Crippen LogP contribution in [-0.4, -0.2) is 22.7 Å². The summed E-state index contributed by atoms with van der Waals surface area (Å²) in [7, 11) is -3.11. The van der Waals surface area contributed by atoms with E-state index in [1.54, 1.807) is 24.5 Å². The standard InChI is InChI=1S/C6H6NO.Na.O3S/c8-5-6-1-3-7-4-2-6;;1-4(2)3/h1-5,8H;;/q-1;+1;. The molecule has 0 atom stereocenters. The monoisotopic (exact) mass is 211 g/mol. The van der Waals surface area contributed by atoms with E-state index in [1.807, 2.05) is 0 Å². The van der Waals surface area contributed by atoms with Gasteiger partial charge in [-0.1, -0.05) is 6.61 Å². The number of hydrogen-bond donors (Lipinski definition) is 1. The molecule has 0 aliphatic heterocycles. The first-order valence-corrected chi connectivity index (χ1v) is 3.81. The second-order valence-electron chi connectivity index (χ2n) is 1.61. The van der Waals surface area contributed by atoms with E-state index in [9.17, 15) is 0 Å². The van der Waals surface area contributed by atoms with E-state index in [-0.39, 0.29) is 29.6 Å². The molecule has 0 aliphatic rings. The maximum Gasteiger partial charge on any atom is 1.00 e. The summed E-state index contributed by atoms with van der Waals surface area (Å²) in [6.45, 7) is 1.04. The Labute approximate surface area is 99.2 Å². The summed E-state index contributed by atoms with van der Waals surface area (Å²) in [5, 5.41) is 8.38. The normalized spacial score (nSPS) is 7.15. The molecule has 0 unspecified atom stereocenters. The van der Waals surface area contributed by atoms with Gasteiger partial charge in [0, 0.05) is 0 Å². The number of nitrogens with zero attached hydrogens (tertiary/aromatic N) is 1. The quantitative estimate of drug-likeness (QED) is 0.394. The number of aliphatic hydroxyl groups is 1. The first-order valence-electron chi connectivity index (χ1n) is 2.81. The van der Waals surface area contributed by atoms with Crippen LogP contribution in [0.2, 0.25) is 0 Å². The van der Waals surface area contributed by atoms with E-state index in [1.165, 1.54) is 0 Å². The van der Waals surface area contributed by atoms with Crippen LogP contribution in [0.1, 0.15) is 5.56 Å². The number of aliphatic hydroxyl groups excluding tert-OH is 1. The van der Waals surface area contributed by atoms with E-state index in [0.29, 0.717) is 0 Å². The Morgan fingerprint density at radius 1 is 1.23 bits per heavy atom. The van der Waals surface area contributed by atoms with Crippen molar-refractivity contribution in [2.45, 2.75) is 0 Å². The Hall–Kier alpha value is -0.400. The molecule has 0 bridgehead atoms. The van der Waals surface area contributed by atoms with Gasteiger partial charge in [0.25, 0.3) is 0 Å². The topological polar surface area (TPSA) is 84.3 Å². The molecule has 1 rings (SSSR count). The predicted molar refractivity (Wildman–Crippen MR) is 39.3 cm³/mol. The van der Waals surface area contributed by atoms with Crippen LogP contribution in [0, 0.1) is 6.61 Å². The third-order valence-corrected chi connectivity index (χ3v) is 0.855. The SMILES string of the molecule is O=S(=O)=O.O[CH-]c1ccncc1.[Na+]. The second-order valence-corrected chi connectivity index (χ2v) is 2.02. The van der Waals surface area contributed by atoms with Gasteiger partial charge >= 0.3 is 40.2 Å². The maximum absolute atomic E-state index is 8.44. The minimum Gasteiger partial charge on any atom is -0.429 e. The fraction of sp³-hybridized carbons (Fsp3) is 0. The van der Waals surface area contributed by atoms with Crippen molar-refractivity contribution in [3.05, 3.63) is 36.7 Å². The zero-order chi connectivity index (χ0) is 9.40. The number of hydrogen-bond acceptors (Lipinski definition) is 5. The molecular formula is C6H6NNaO4S. The van der Waals surface area contributed by atoms with Crippen molar-refractivity contribution in [2.24, 2.45) is 0 Å². The molecule has 0 radical (unpaired) electrons.